The zero-order chi connectivity index (χ0) is 15.8. The third-order valence-corrected chi connectivity index (χ3v) is 4.01. The molecule has 0 aromatic heterocycles. The molecular formula is C17H12ClN3O2. The van der Waals surface area contributed by atoms with Crippen LogP contribution < -0.4 is 5.32 Å². The fourth-order valence-corrected chi connectivity index (χ4v) is 2.74. The Labute approximate surface area is 137 Å². The largest absolute Gasteiger partial charge is 0.375 e. The Kier molecular flexibility index (Phi) is 3.35. The molecule has 0 fully saturated rings. The van der Waals surface area contributed by atoms with E-state index >= 15 is 0 Å². The van der Waals surface area contributed by atoms with Crippen molar-refractivity contribution < 1.29 is 9.63 Å². The maximum absolute atomic E-state index is 12.3. The van der Waals surface area contributed by atoms with Crippen molar-refractivity contribution >= 4 is 28.9 Å². The second kappa shape index (κ2) is 5.52. The number of hydrogen-bond acceptors (Lipinski definition) is 4. The first-order chi connectivity index (χ1) is 11.2. The number of benzene rings is 2. The van der Waals surface area contributed by atoms with Crippen LogP contribution in [0.25, 0.3) is 0 Å². The highest BCUT2D eigenvalue weighted by Crippen LogP contribution is 2.25. The summed E-state index contributed by atoms with van der Waals surface area (Å²) in [5, 5.41) is 7.51. The molecule has 0 bridgehead atoms. The van der Waals surface area contributed by atoms with E-state index in [1.807, 2.05) is 42.5 Å². The quantitative estimate of drug-likeness (QED) is 0.922. The fraction of sp³-hybridized carbons (Fsp3) is 0.118. The molecule has 0 saturated heterocycles. The minimum absolute atomic E-state index is 0.239. The van der Waals surface area contributed by atoms with Gasteiger partial charge in [0.2, 0.25) is 6.10 Å². The van der Waals surface area contributed by atoms with Crippen molar-refractivity contribution in [2.45, 2.75) is 12.3 Å². The van der Waals surface area contributed by atoms with E-state index in [0.717, 1.165) is 11.1 Å². The lowest BCUT2D eigenvalue weighted by atomic mass is 10.00. The van der Waals surface area contributed by atoms with Gasteiger partial charge in [0.15, 0.2) is 0 Å². The first-order valence-corrected chi connectivity index (χ1v) is 7.53. The van der Waals surface area contributed by atoms with Gasteiger partial charge in [0.25, 0.3) is 5.91 Å². The van der Waals surface area contributed by atoms with E-state index in [4.69, 9.17) is 16.4 Å². The molecule has 0 spiro atoms. The van der Waals surface area contributed by atoms with Crippen molar-refractivity contribution in [3.63, 3.8) is 0 Å². The number of nitrogens with one attached hydrogen (secondary N) is 1. The van der Waals surface area contributed by atoms with Crippen LogP contribution in [0.5, 0.6) is 0 Å². The van der Waals surface area contributed by atoms with Gasteiger partial charge in [0, 0.05) is 10.6 Å². The number of hydrogen-bond donors (Lipinski definition) is 1. The fourth-order valence-electron chi connectivity index (χ4n) is 2.61. The summed E-state index contributed by atoms with van der Waals surface area (Å²) >= 11 is 5.92. The van der Waals surface area contributed by atoms with E-state index in [2.05, 4.69) is 15.5 Å². The average Bonchev–Trinajstić information content (AvgIpc) is 3.01. The molecule has 0 aliphatic carbocycles. The molecule has 2 heterocycles. The molecule has 4 rings (SSSR count). The molecule has 2 aliphatic heterocycles. The Morgan fingerprint density at radius 1 is 1.04 bits per heavy atom. The molecular weight excluding hydrogens is 314 g/mol. The van der Waals surface area contributed by atoms with Crippen molar-refractivity contribution in [2.24, 2.45) is 10.1 Å². The SMILES string of the molecule is O=C1NC(c2ccccc2)N=C2C(c3ccc(Cl)cc3)=NOC12. The zero-order valence-corrected chi connectivity index (χ0v) is 12.7. The molecule has 2 aliphatic rings. The van der Waals surface area contributed by atoms with Crippen LogP contribution in [0.2, 0.25) is 5.02 Å². The maximum atomic E-state index is 12.3. The van der Waals surface area contributed by atoms with Crippen molar-refractivity contribution in [3.05, 3.63) is 70.7 Å². The van der Waals surface area contributed by atoms with E-state index in [-0.39, 0.29) is 5.91 Å². The third kappa shape index (κ3) is 2.49. The Balaban J connectivity index is 1.73. The van der Waals surface area contributed by atoms with Gasteiger partial charge in [-0.3, -0.25) is 9.79 Å². The van der Waals surface area contributed by atoms with E-state index < -0.39 is 12.3 Å². The highest BCUT2D eigenvalue weighted by atomic mass is 35.5. The summed E-state index contributed by atoms with van der Waals surface area (Å²) in [5.41, 5.74) is 2.85. The molecule has 1 N–H and O–H groups in total. The number of nitrogens with zero attached hydrogens (tertiary/aromatic N) is 2. The van der Waals surface area contributed by atoms with Gasteiger partial charge in [0.1, 0.15) is 17.6 Å². The Bertz CT molecular complexity index is 815. The lowest BCUT2D eigenvalue weighted by molar-refractivity contribution is -0.129. The smallest absolute Gasteiger partial charge is 0.272 e. The van der Waals surface area contributed by atoms with Crippen molar-refractivity contribution in [2.75, 3.05) is 0 Å². The monoisotopic (exact) mass is 325 g/mol. The van der Waals surface area contributed by atoms with Gasteiger partial charge in [-0.15, -0.1) is 0 Å². The topological polar surface area (TPSA) is 63.0 Å². The maximum Gasteiger partial charge on any atom is 0.272 e. The zero-order valence-electron chi connectivity index (χ0n) is 11.9. The average molecular weight is 326 g/mol. The molecule has 1 amide bonds. The van der Waals surface area contributed by atoms with Crippen LogP contribution in [0.4, 0.5) is 0 Å². The van der Waals surface area contributed by atoms with Crippen LogP contribution in [0.3, 0.4) is 0 Å². The molecule has 2 aromatic carbocycles. The molecule has 114 valence electrons. The molecule has 6 heteroatoms. The van der Waals surface area contributed by atoms with Crippen LogP contribution in [0, 0.1) is 0 Å². The molecule has 0 radical (unpaired) electrons. The summed E-state index contributed by atoms with van der Waals surface area (Å²) in [4.78, 5) is 22.2. The van der Waals surface area contributed by atoms with E-state index in [9.17, 15) is 4.79 Å². The van der Waals surface area contributed by atoms with Gasteiger partial charge in [-0.05, 0) is 17.7 Å². The summed E-state index contributed by atoms with van der Waals surface area (Å²) in [6, 6.07) is 16.8. The normalized spacial score (nSPS) is 22.6. The Morgan fingerprint density at radius 3 is 2.52 bits per heavy atom. The second-order valence-corrected chi connectivity index (χ2v) is 5.70. The van der Waals surface area contributed by atoms with Gasteiger partial charge >= 0.3 is 0 Å². The summed E-state index contributed by atoms with van der Waals surface area (Å²) in [6.45, 7) is 0. The van der Waals surface area contributed by atoms with Crippen molar-refractivity contribution in [1.29, 1.82) is 0 Å². The van der Waals surface area contributed by atoms with Crippen LogP contribution in [-0.4, -0.2) is 23.4 Å². The Morgan fingerprint density at radius 2 is 1.78 bits per heavy atom. The summed E-state index contributed by atoms with van der Waals surface area (Å²) < 4.78 is 0. The highest BCUT2D eigenvalue weighted by molar-refractivity contribution is 6.53. The molecule has 0 saturated carbocycles. The second-order valence-electron chi connectivity index (χ2n) is 5.27. The van der Waals surface area contributed by atoms with Gasteiger partial charge in [0.05, 0.1) is 0 Å². The van der Waals surface area contributed by atoms with E-state index in [1.165, 1.54) is 0 Å². The first-order valence-electron chi connectivity index (χ1n) is 7.15. The molecule has 2 unspecified atom stereocenters. The number of oxime groups is 1. The van der Waals surface area contributed by atoms with Gasteiger partial charge < -0.3 is 10.2 Å². The van der Waals surface area contributed by atoms with Gasteiger partial charge in [-0.25, -0.2) is 0 Å². The van der Waals surface area contributed by atoms with Gasteiger partial charge in [-0.2, -0.15) is 0 Å². The molecule has 2 atom stereocenters. The van der Waals surface area contributed by atoms with Crippen LogP contribution in [-0.2, 0) is 9.63 Å². The number of carbonyl (C=O) groups is 1. The number of amides is 1. The van der Waals surface area contributed by atoms with E-state index in [1.54, 1.807) is 12.1 Å². The molecule has 2 aromatic rings. The van der Waals surface area contributed by atoms with Crippen LogP contribution in [0.1, 0.15) is 17.3 Å². The number of rotatable bonds is 2. The summed E-state index contributed by atoms with van der Waals surface area (Å²) in [7, 11) is 0. The molecule has 5 nitrogen and oxygen atoms in total. The first kappa shape index (κ1) is 14.0. The number of halogens is 1. The summed E-state index contributed by atoms with van der Waals surface area (Å²) in [5.74, 6) is -0.239. The highest BCUT2D eigenvalue weighted by Gasteiger charge is 2.41. The van der Waals surface area contributed by atoms with Crippen LogP contribution >= 0.6 is 11.6 Å². The lowest BCUT2D eigenvalue weighted by Gasteiger charge is -2.23. The molecule has 23 heavy (non-hydrogen) atoms. The third-order valence-electron chi connectivity index (χ3n) is 3.76. The standard InChI is InChI=1S/C17H12ClN3O2/c18-12-8-6-10(7-9-12)13-14-15(23-21-13)17(22)20-16(19-14)11-4-2-1-3-5-11/h1-9,15-16H,(H,20,22). The van der Waals surface area contributed by atoms with Gasteiger partial charge in [-0.1, -0.05) is 59.2 Å². The van der Waals surface area contributed by atoms with E-state index in [0.29, 0.717) is 16.4 Å². The number of aliphatic imine (C=N–C) groups is 1. The predicted octanol–water partition coefficient (Wildman–Crippen LogP) is 2.71. The number of fused-ring (bicyclic) bond motifs is 1. The Hall–Kier alpha value is -2.66. The van der Waals surface area contributed by atoms with Crippen molar-refractivity contribution in [3.8, 4) is 0 Å². The minimum atomic E-state index is -0.791. The number of carbonyl (C=O) groups excluding carboxylic acids is 1. The van der Waals surface area contributed by atoms with Crippen LogP contribution in [0.15, 0.2) is 64.7 Å². The lowest BCUT2D eigenvalue weighted by Crippen LogP contribution is -2.46. The minimum Gasteiger partial charge on any atom is -0.375 e. The summed E-state index contributed by atoms with van der Waals surface area (Å²) in [6.07, 6.45) is -1.23. The predicted molar refractivity (Wildman–Crippen MR) is 87.6 cm³/mol. The van der Waals surface area contributed by atoms with Crippen molar-refractivity contribution in [1.82, 2.24) is 5.32 Å².